The van der Waals surface area contributed by atoms with Gasteiger partial charge in [0.2, 0.25) is 11.8 Å². The number of rotatable bonds is 5. The van der Waals surface area contributed by atoms with Gasteiger partial charge in [0.1, 0.15) is 6.61 Å². The van der Waals surface area contributed by atoms with Crippen molar-refractivity contribution in [2.75, 3.05) is 6.61 Å². The minimum absolute atomic E-state index is 0.0129. The van der Waals surface area contributed by atoms with Crippen molar-refractivity contribution >= 4 is 17.5 Å². The fourth-order valence-electron chi connectivity index (χ4n) is 6.06. The lowest BCUT2D eigenvalue weighted by molar-refractivity contribution is -0.145. The number of amides is 2. The SMILES string of the molecule is C#CCCCO/N=C1\C[C@@H](O)[C@@H](O)[C@@H]2[C@@H]3C(=O)N(C4CCCCC4)C(=O)[C@@H]3CC[C@@H]12. The summed E-state index contributed by atoms with van der Waals surface area (Å²) in [5, 5.41) is 25.6. The number of nitrogens with zero attached hydrogens (tertiary/aromatic N) is 2. The summed E-state index contributed by atoms with van der Waals surface area (Å²) in [4.78, 5) is 33.5. The molecule has 3 saturated carbocycles. The van der Waals surface area contributed by atoms with E-state index in [-0.39, 0.29) is 30.2 Å². The first-order valence-electron chi connectivity index (χ1n) is 11.4. The molecule has 2 amide bonds. The van der Waals surface area contributed by atoms with E-state index in [9.17, 15) is 19.8 Å². The summed E-state index contributed by atoms with van der Waals surface area (Å²) in [7, 11) is 0. The number of unbranched alkanes of at least 4 members (excludes halogenated alkanes) is 1. The molecule has 4 rings (SSSR count). The van der Waals surface area contributed by atoms with Gasteiger partial charge in [-0.1, -0.05) is 24.4 Å². The number of oxime groups is 1. The largest absolute Gasteiger partial charge is 0.396 e. The Hall–Kier alpha value is -1.91. The topological polar surface area (TPSA) is 99.4 Å². The second-order valence-electron chi connectivity index (χ2n) is 9.22. The lowest BCUT2D eigenvalue weighted by atomic mass is 9.60. The van der Waals surface area contributed by atoms with E-state index in [2.05, 4.69) is 11.1 Å². The summed E-state index contributed by atoms with van der Waals surface area (Å²) in [5.74, 6) is 0.707. The summed E-state index contributed by atoms with van der Waals surface area (Å²) >= 11 is 0. The molecule has 0 bridgehead atoms. The van der Waals surface area contributed by atoms with Crippen LogP contribution >= 0.6 is 0 Å². The fraction of sp³-hybridized carbons (Fsp3) is 0.783. The molecule has 6 atom stereocenters. The van der Waals surface area contributed by atoms with E-state index in [4.69, 9.17) is 11.3 Å². The second kappa shape index (κ2) is 9.07. The maximum absolute atomic E-state index is 13.4. The van der Waals surface area contributed by atoms with E-state index in [1.54, 1.807) is 0 Å². The van der Waals surface area contributed by atoms with Crippen LogP contribution in [0.4, 0.5) is 0 Å². The zero-order valence-electron chi connectivity index (χ0n) is 17.4. The Morgan fingerprint density at radius 1 is 1.07 bits per heavy atom. The van der Waals surface area contributed by atoms with E-state index >= 15 is 0 Å². The van der Waals surface area contributed by atoms with Crippen molar-refractivity contribution in [1.29, 1.82) is 0 Å². The number of aliphatic hydroxyl groups is 2. The number of terminal acetylenes is 1. The first kappa shape index (κ1) is 21.3. The number of hydrogen-bond acceptors (Lipinski definition) is 6. The van der Waals surface area contributed by atoms with Crippen LogP contribution in [0.3, 0.4) is 0 Å². The predicted molar refractivity (Wildman–Crippen MR) is 110 cm³/mol. The Labute approximate surface area is 177 Å². The molecule has 7 heteroatoms. The molecule has 0 spiro atoms. The molecule has 1 saturated heterocycles. The Balaban J connectivity index is 1.55. The van der Waals surface area contributed by atoms with Gasteiger partial charge in [-0.25, -0.2) is 0 Å². The molecule has 0 aromatic rings. The number of likely N-dealkylation sites (tertiary alicyclic amines) is 1. The minimum Gasteiger partial charge on any atom is -0.396 e. The van der Waals surface area contributed by atoms with Crippen LogP contribution in [0.5, 0.6) is 0 Å². The first-order valence-corrected chi connectivity index (χ1v) is 11.4. The van der Waals surface area contributed by atoms with Crippen LogP contribution in [0.15, 0.2) is 5.16 Å². The van der Waals surface area contributed by atoms with E-state index in [0.29, 0.717) is 38.0 Å². The van der Waals surface area contributed by atoms with Crippen LogP contribution < -0.4 is 0 Å². The van der Waals surface area contributed by atoms with Crippen LogP contribution in [0.2, 0.25) is 0 Å². The molecule has 7 nitrogen and oxygen atoms in total. The number of carbonyl (C=O) groups excluding carboxylic acids is 2. The van der Waals surface area contributed by atoms with Crippen LogP contribution in [-0.2, 0) is 14.4 Å². The third kappa shape index (κ3) is 3.76. The highest BCUT2D eigenvalue weighted by atomic mass is 16.6. The van der Waals surface area contributed by atoms with Gasteiger partial charge in [-0.3, -0.25) is 14.5 Å². The molecule has 0 aromatic heterocycles. The maximum Gasteiger partial charge on any atom is 0.233 e. The van der Waals surface area contributed by atoms with Gasteiger partial charge in [0.25, 0.3) is 0 Å². The van der Waals surface area contributed by atoms with Gasteiger partial charge < -0.3 is 15.1 Å². The van der Waals surface area contributed by atoms with Gasteiger partial charge in [-0.2, -0.15) is 0 Å². The lowest BCUT2D eigenvalue weighted by Crippen LogP contribution is -2.54. The monoisotopic (exact) mass is 416 g/mol. The number of carbonyl (C=O) groups is 2. The normalized spacial score (nSPS) is 38.3. The predicted octanol–water partition coefficient (Wildman–Crippen LogP) is 1.86. The summed E-state index contributed by atoms with van der Waals surface area (Å²) < 4.78 is 0. The van der Waals surface area contributed by atoms with E-state index in [0.717, 1.165) is 32.1 Å². The highest BCUT2D eigenvalue weighted by Crippen LogP contribution is 2.50. The molecule has 1 heterocycles. The van der Waals surface area contributed by atoms with E-state index in [1.807, 2.05) is 0 Å². The van der Waals surface area contributed by atoms with Crippen LogP contribution in [-0.4, -0.2) is 57.5 Å². The summed E-state index contributed by atoms with van der Waals surface area (Å²) in [6.45, 7) is 0.392. The van der Waals surface area contributed by atoms with Crippen molar-refractivity contribution in [2.45, 2.75) is 82.5 Å². The molecule has 0 radical (unpaired) electrons. The number of hydrogen-bond donors (Lipinski definition) is 2. The standard InChI is InChI=1S/C23H32N2O5/c1-2-3-7-12-30-24-17-13-18(26)21(27)19-15(17)10-11-16-20(19)23(29)25(22(16)28)14-8-5-4-6-9-14/h1,14-16,18-21,26-27H,3-13H2/b24-17+/t15-,16+,18+,19-,20+,21+/m0/s1. The molecule has 2 N–H and O–H groups in total. The average molecular weight is 417 g/mol. The average Bonchev–Trinajstić information content (AvgIpc) is 3.01. The first-order chi connectivity index (χ1) is 14.5. The Bertz CT molecular complexity index is 738. The number of aliphatic hydroxyl groups excluding tert-OH is 2. The van der Waals surface area contributed by atoms with E-state index < -0.39 is 30.0 Å². The fourth-order valence-corrected chi connectivity index (χ4v) is 6.06. The van der Waals surface area contributed by atoms with Gasteiger partial charge >= 0.3 is 0 Å². The number of imide groups is 1. The summed E-state index contributed by atoms with van der Waals surface area (Å²) in [5.41, 5.74) is 0.688. The highest BCUT2D eigenvalue weighted by molar-refractivity contribution is 6.06. The lowest BCUT2D eigenvalue weighted by Gasteiger charge is -2.45. The Morgan fingerprint density at radius 2 is 1.80 bits per heavy atom. The smallest absolute Gasteiger partial charge is 0.233 e. The Kier molecular flexibility index (Phi) is 6.45. The zero-order valence-corrected chi connectivity index (χ0v) is 17.4. The molecule has 30 heavy (non-hydrogen) atoms. The van der Waals surface area contributed by atoms with E-state index in [1.165, 1.54) is 4.90 Å². The highest BCUT2D eigenvalue weighted by Gasteiger charge is 2.60. The summed E-state index contributed by atoms with van der Waals surface area (Å²) in [6.07, 6.45) is 11.0. The molecular weight excluding hydrogens is 384 g/mol. The third-order valence-corrected chi connectivity index (χ3v) is 7.49. The molecule has 1 aliphatic heterocycles. The van der Waals surface area contributed by atoms with Crippen molar-refractivity contribution in [2.24, 2.45) is 28.8 Å². The molecule has 4 aliphatic rings. The molecule has 0 aromatic carbocycles. The van der Waals surface area contributed by atoms with Gasteiger partial charge in [0, 0.05) is 30.7 Å². The molecule has 0 unspecified atom stereocenters. The Morgan fingerprint density at radius 3 is 2.53 bits per heavy atom. The van der Waals surface area contributed by atoms with Gasteiger partial charge in [-0.15, -0.1) is 12.3 Å². The van der Waals surface area contributed by atoms with Crippen molar-refractivity contribution in [3.05, 3.63) is 0 Å². The maximum atomic E-state index is 13.4. The van der Waals surface area contributed by atoms with Gasteiger partial charge in [0.15, 0.2) is 0 Å². The second-order valence-corrected chi connectivity index (χ2v) is 9.22. The third-order valence-electron chi connectivity index (χ3n) is 7.49. The molecular formula is C23H32N2O5. The number of fused-ring (bicyclic) bond motifs is 3. The molecule has 4 fully saturated rings. The van der Waals surface area contributed by atoms with Crippen molar-refractivity contribution in [1.82, 2.24) is 4.90 Å². The molecule has 164 valence electrons. The van der Waals surface area contributed by atoms with Crippen LogP contribution in [0.25, 0.3) is 0 Å². The zero-order chi connectivity index (χ0) is 21.3. The van der Waals surface area contributed by atoms with Crippen LogP contribution in [0.1, 0.15) is 64.2 Å². The van der Waals surface area contributed by atoms with Crippen LogP contribution in [0, 0.1) is 36.0 Å². The van der Waals surface area contributed by atoms with Crippen molar-refractivity contribution < 1.29 is 24.6 Å². The minimum atomic E-state index is -1.04. The van der Waals surface area contributed by atoms with Crippen molar-refractivity contribution in [3.8, 4) is 12.3 Å². The van der Waals surface area contributed by atoms with Gasteiger partial charge in [0.05, 0.1) is 29.8 Å². The summed E-state index contributed by atoms with van der Waals surface area (Å²) in [6, 6.07) is -0.0129. The quantitative estimate of drug-likeness (QED) is 0.308. The van der Waals surface area contributed by atoms with Crippen molar-refractivity contribution in [3.63, 3.8) is 0 Å². The molecule has 3 aliphatic carbocycles. The van der Waals surface area contributed by atoms with Gasteiger partial charge in [-0.05, 0) is 32.1 Å².